The molecule has 0 atom stereocenters. The van der Waals surface area contributed by atoms with Crippen LogP contribution in [0.1, 0.15) is 29.8 Å². The van der Waals surface area contributed by atoms with Crippen molar-refractivity contribution in [3.8, 4) is 5.75 Å². The summed E-state index contributed by atoms with van der Waals surface area (Å²) >= 11 is 1.57. The largest absolute Gasteiger partial charge is 0.497 e. The highest BCUT2D eigenvalue weighted by atomic mass is 32.1. The molecular weight excluding hydrogens is 370 g/mol. The number of fused-ring (bicyclic) bond motifs is 1. The number of benzene rings is 2. The third-order valence-corrected chi connectivity index (χ3v) is 6.06. The van der Waals surface area contributed by atoms with Gasteiger partial charge in [0, 0.05) is 5.56 Å². The number of aromatic nitrogens is 1. The standard InChI is InChI=1S/C22H27N3O2S/c1-5-24(6-2)12-13-25(21(26)17-8-7-9-18(15-17)27-4)22-23-19-11-10-16(3)14-20(19)28-22/h7-11,14-15H,5-6,12-13H2,1-4H3/p+1. The minimum atomic E-state index is -0.0405. The van der Waals surface area contributed by atoms with Gasteiger partial charge in [-0.3, -0.25) is 9.69 Å². The molecule has 1 amide bonds. The Morgan fingerprint density at radius 1 is 1.18 bits per heavy atom. The van der Waals surface area contributed by atoms with Gasteiger partial charge in [-0.1, -0.05) is 23.5 Å². The lowest BCUT2D eigenvalue weighted by Crippen LogP contribution is -3.12. The number of rotatable bonds is 8. The summed E-state index contributed by atoms with van der Waals surface area (Å²) in [5, 5.41) is 0.750. The fourth-order valence-electron chi connectivity index (χ4n) is 3.20. The Kier molecular flexibility index (Phi) is 6.65. The van der Waals surface area contributed by atoms with E-state index in [9.17, 15) is 4.79 Å². The highest BCUT2D eigenvalue weighted by molar-refractivity contribution is 7.22. The molecule has 0 unspecified atom stereocenters. The van der Waals surface area contributed by atoms with Gasteiger partial charge in [-0.15, -0.1) is 0 Å². The van der Waals surface area contributed by atoms with Crippen LogP contribution in [0.3, 0.4) is 0 Å². The van der Waals surface area contributed by atoms with E-state index in [4.69, 9.17) is 9.72 Å². The minimum absolute atomic E-state index is 0.0405. The van der Waals surface area contributed by atoms with Crippen LogP contribution in [0.25, 0.3) is 10.2 Å². The number of hydrogen-bond donors (Lipinski definition) is 1. The van der Waals surface area contributed by atoms with E-state index in [-0.39, 0.29) is 5.91 Å². The molecule has 6 heteroatoms. The second kappa shape index (κ2) is 9.17. The average molecular weight is 399 g/mol. The van der Waals surface area contributed by atoms with Gasteiger partial charge in [-0.05, 0) is 56.7 Å². The van der Waals surface area contributed by atoms with E-state index in [2.05, 4.69) is 32.9 Å². The number of likely N-dealkylation sites (N-methyl/N-ethyl adjacent to an activating group) is 1. The number of methoxy groups -OCH3 is 1. The van der Waals surface area contributed by atoms with E-state index in [1.165, 1.54) is 10.5 Å². The summed E-state index contributed by atoms with van der Waals surface area (Å²) in [5.74, 6) is 0.640. The molecule has 0 aliphatic carbocycles. The van der Waals surface area contributed by atoms with Crippen molar-refractivity contribution >= 4 is 32.6 Å². The Labute approximate surface area is 170 Å². The number of anilines is 1. The third kappa shape index (κ3) is 4.51. The lowest BCUT2D eigenvalue weighted by atomic mass is 10.2. The van der Waals surface area contributed by atoms with Crippen LogP contribution < -0.4 is 14.5 Å². The first-order chi connectivity index (χ1) is 13.5. The number of carbonyl (C=O) groups is 1. The van der Waals surface area contributed by atoms with Crippen molar-refractivity contribution in [1.29, 1.82) is 0 Å². The van der Waals surface area contributed by atoms with Crippen molar-refractivity contribution in [3.05, 3.63) is 53.6 Å². The van der Waals surface area contributed by atoms with E-state index >= 15 is 0 Å². The number of nitrogens with zero attached hydrogens (tertiary/aromatic N) is 2. The van der Waals surface area contributed by atoms with Crippen molar-refractivity contribution in [2.75, 3.05) is 38.2 Å². The number of hydrogen-bond acceptors (Lipinski definition) is 4. The maximum absolute atomic E-state index is 13.4. The number of amides is 1. The van der Waals surface area contributed by atoms with Crippen LogP contribution in [0.4, 0.5) is 5.13 Å². The summed E-state index contributed by atoms with van der Waals surface area (Å²) in [6.45, 7) is 10.0. The Morgan fingerprint density at radius 2 is 1.96 bits per heavy atom. The maximum atomic E-state index is 13.4. The molecule has 0 saturated heterocycles. The molecule has 0 spiro atoms. The zero-order valence-corrected chi connectivity index (χ0v) is 17.8. The smallest absolute Gasteiger partial charge is 0.260 e. The minimum Gasteiger partial charge on any atom is -0.497 e. The molecule has 0 saturated carbocycles. The van der Waals surface area contributed by atoms with Gasteiger partial charge in [0.15, 0.2) is 5.13 Å². The van der Waals surface area contributed by atoms with Crippen molar-refractivity contribution < 1.29 is 14.4 Å². The van der Waals surface area contributed by atoms with Crippen LogP contribution in [-0.2, 0) is 0 Å². The summed E-state index contributed by atoms with van der Waals surface area (Å²) in [7, 11) is 1.61. The van der Waals surface area contributed by atoms with Crippen molar-refractivity contribution in [1.82, 2.24) is 4.98 Å². The molecule has 3 rings (SSSR count). The van der Waals surface area contributed by atoms with Gasteiger partial charge < -0.3 is 9.64 Å². The molecule has 1 heterocycles. The molecule has 0 radical (unpaired) electrons. The predicted octanol–water partition coefficient (Wildman–Crippen LogP) is 3.18. The first-order valence-electron chi connectivity index (χ1n) is 9.72. The van der Waals surface area contributed by atoms with Gasteiger partial charge in [0.25, 0.3) is 5.91 Å². The molecule has 0 fully saturated rings. The highest BCUT2D eigenvalue weighted by Crippen LogP contribution is 2.30. The Hall–Kier alpha value is -2.44. The zero-order chi connectivity index (χ0) is 20.1. The van der Waals surface area contributed by atoms with Gasteiger partial charge in [0.2, 0.25) is 0 Å². The molecule has 0 aliphatic rings. The van der Waals surface area contributed by atoms with Crippen LogP contribution in [0.2, 0.25) is 0 Å². The molecular formula is C22H28N3O2S+. The molecule has 0 aliphatic heterocycles. The van der Waals surface area contributed by atoms with Crippen molar-refractivity contribution in [2.24, 2.45) is 0 Å². The number of nitrogens with one attached hydrogen (secondary N) is 1. The van der Waals surface area contributed by atoms with E-state index in [0.717, 1.165) is 35.0 Å². The zero-order valence-electron chi connectivity index (χ0n) is 17.0. The monoisotopic (exact) mass is 398 g/mol. The Morgan fingerprint density at radius 3 is 2.68 bits per heavy atom. The van der Waals surface area contributed by atoms with Gasteiger partial charge in [0.1, 0.15) is 5.75 Å². The van der Waals surface area contributed by atoms with Gasteiger partial charge in [-0.2, -0.15) is 0 Å². The van der Waals surface area contributed by atoms with E-state index < -0.39 is 0 Å². The number of quaternary nitrogens is 1. The molecule has 2 aromatic carbocycles. The van der Waals surface area contributed by atoms with Gasteiger partial charge >= 0.3 is 0 Å². The van der Waals surface area contributed by atoms with E-state index in [0.29, 0.717) is 17.9 Å². The number of aryl methyl sites for hydroxylation is 1. The predicted molar refractivity (Wildman–Crippen MR) is 116 cm³/mol. The van der Waals surface area contributed by atoms with Crippen molar-refractivity contribution in [2.45, 2.75) is 20.8 Å². The van der Waals surface area contributed by atoms with Crippen LogP contribution >= 0.6 is 11.3 Å². The Bertz CT molecular complexity index is 950. The van der Waals surface area contributed by atoms with Crippen LogP contribution in [-0.4, -0.2) is 44.2 Å². The molecule has 148 valence electrons. The van der Waals surface area contributed by atoms with Crippen LogP contribution in [0, 0.1) is 6.92 Å². The van der Waals surface area contributed by atoms with Gasteiger partial charge in [-0.25, -0.2) is 4.98 Å². The molecule has 28 heavy (non-hydrogen) atoms. The fraction of sp³-hybridized carbons (Fsp3) is 0.364. The molecule has 3 aromatic rings. The van der Waals surface area contributed by atoms with Crippen molar-refractivity contribution in [3.63, 3.8) is 0 Å². The first-order valence-corrected chi connectivity index (χ1v) is 10.5. The lowest BCUT2D eigenvalue weighted by Gasteiger charge is -2.23. The van der Waals surface area contributed by atoms with Crippen LogP contribution in [0.5, 0.6) is 5.75 Å². The quantitative estimate of drug-likeness (QED) is 0.634. The number of carbonyl (C=O) groups excluding carboxylic acids is 1. The molecule has 1 N–H and O–H groups in total. The summed E-state index contributed by atoms with van der Waals surface area (Å²) < 4.78 is 6.40. The fourth-order valence-corrected chi connectivity index (χ4v) is 4.29. The molecule has 1 aromatic heterocycles. The van der Waals surface area contributed by atoms with Crippen LogP contribution in [0.15, 0.2) is 42.5 Å². The van der Waals surface area contributed by atoms with E-state index in [1.807, 2.05) is 29.2 Å². The average Bonchev–Trinajstić information content (AvgIpc) is 3.13. The molecule has 5 nitrogen and oxygen atoms in total. The summed E-state index contributed by atoms with van der Waals surface area (Å²) in [5.41, 5.74) is 2.74. The first kappa shape index (κ1) is 20.3. The Balaban J connectivity index is 1.96. The summed E-state index contributed by atoms with van der Waals surface area (Å²) in [4.78, 5) is 21.4. The topological polar surface area (TPSA) is 46.9 Å². The van der Waals surface area contributed by atoms with E-state index in [1.54, 1.807) is 24.5 Å². The maximum Gasteiger partial charge on any atom is 0.260 e. The summed E-state index contributed by atoms with van der Waals surface area (Å²) in [6.07, 6.45) is 0. The summed E-state index contributed by atoms with van der Waals surface area (Å²) in [6, 6.07) is 13.5. The number of thiazole rings is 1. The second-order valence-corrected chi connectivity index (χ2v) is 7.87. The second-order valence-electron chi connectivity index (χ2n) is 6.86. The molecule has 0 bridgehead atoms. The normalized spacial score (nSPS) is 11.2. The lowest BCUT2D eigenvalue weighted by molar-refractivity contribution is -0.894. The highest BCUT2D eigenvalue weighted by Gasteiger charge is 2.23. The third-order valence-electron chi connectivity index (χ3n) is 5.01. The van der Waals surface area contributed by atoms with Gasteiger partial charge in [0.05, 0.1) is 43.5 Å². The number of ether oxygens (including phenoxy) is 1. The SMILES string of the molecule is CC[NH+](CC)CCN(C(=O)c1cccc(OC)c1)c1nc2ccc(C)cc2s1.